The van der Waals surface area contributed by atoms with Gasteiger partial charge in [0.1, 0.15) is 17.7 Å². The van der Waals surface area contributed by atoms with E-state index >= 15 is 0 Å². The molecule has 0 fully saturated rings. The van der Waals surface area contributed by atoms with Crippen LogP contribution < -0.4 is 10.1 Å². The molecule has 0 saturated carbocycles. The van der Waals surface area contributed by atoms with E-state index < -0.39 is 0 Å². The third kappa shape index (κ3) is 4.48. The van der Waals surface area contributed by atoms with E-state index in [-0.39, 0.29) is 11.9 Å². The Hall–Kier alpha value is -1.13. The standard InChI is InChI=1S/C15H22FNO2/c1-11(2)17-6-3-7-18-10-14-9-12-8-13(16)4-5-15(12)19-14/h4-5,8,11,14,17H,3,6-7,9-10H2,1-2H3. The van der Waals surface area contributed by atoms with Crippen molar-refractivity contribution in [2.75, 3.05) is 19.8 Å². The molecule has 0 aromatic heterocycles. The molecule has 106 valence electrons. The maximum Gasteiger partial charge on any atom is 0.126 e. The molecule has 0 bridgehead atoms. The average Bonchev–Trinajstić information content (AvgIpc) is 2.75. The molecule has 19 heavy (non-hydrogen) atoms. The van der Waals surface area contributed by atoms with Crippen molar-refractivity contribution in [2.24, 2.45) is 0 Å². The highest BCUT2D eigenvalue weighted by Gasteiger charge is 2.23. The number of halogens is 1. The van der Waals surface area contributed by atoms with E-state index in [4.69, 9.17) is 9.47 Å². The van der Waals surface area contributed by atoms with E-state index in [0.29, 0.717) is 12.6 Å². The highest BCUT2D eigenvalue weighted by Crippen LogP contribution is 2.29. The van der Waals surface area contributed by atoms with Crippen LogP contribution in [0.25, 0.3) is 0 Å². The fourth-order valence-corrected chi connectivity index (χ4v) is 2.16. The first kappa shape index (κ1) is 14.3. The largest absolute Gasteiger partial charge is 0.487 e. The average molecular weight is 267 g/mol. The zero-order chi connectivity index (χ0) is 13.7. The van der Waals surface area contributed by atoms with Gasteiger partial charge in [0, 0.05) is 24.6 Å². The van der Waals surface area contributed by atoms with Crippen LogP contribution in [0.2, 0.25) is 0 Å². The van der Waals surface area contributed by atoms with Gasteiger partial charge in [0.25, 0.3) is 0 Å². The van der Waals surface area contributed by atoms with Crippen LogP contribution in [0.3, 0.4) is 0 Å². The van der Waals surface area contributed by atoms with Crippen LogP contribution in [0, 0.1) is 5.82 Å². The fraction of sp³-hybridized carbons (Fsp3) is 0.600. The zero-order valence-electron chi connectivity index (χ0n) is 11.6. The van der Waals surface area contributed by atoms with Gasteiger partial charge in [-0.1, -0.05) is 13.8 Å². The molecule has 1 heterocycles. The molecule has 1 aliphatic rings. The Morgan fingerprint density at radius 1 is 1.47 bits per heavy atom. The summed E-state index contributed by atoms with van der Waals surface area (Å²) in [6.07, 6.45) is 1.75. The molecular formula is C15H22FNO2. The summed E-state index contributed by atoms with van der Waals surface area (Å²) in [4.78, 5) is 0. The van der Waals surface area contributed by atoms with Crippen LogP contribution in [-0.4, -0.2) is 31.9 Å². The third-order valence-electron chi connectivity index (χ3n) is 3.09. The number of fused-ring (bicyclic) bond motifs is 1. The van der Waals surface area contributed by atoms with E-state index in [1.807, 2.05) is 0 Å². The Morgan fingerprint density at radius 3 is 3.11 bits per heavy atom. The number of hydrogen-bond donors (Lipinski definition) is 1. The minimum atomic E-state index is -0.205. The predicted molar refractivity (Wildman–Crippen MR) is 73.1 cm³/mol. The van der Waals surface area contributed by atoms with Gasteiger partial charge in [0.15, 0.2) is 0 Å². The SMILES string of the molecule is CC(C)NCCCOCC1Cc2cc(F)ccc2O1. The van der Waals surface area contributed by atoms with Gasteiger partial charge in [-0.2, -0.15) is 0 Å². The number of ether oxygens (including phenoxy) is 2. The van der Waals surface area contributed by atoms with Crippen molar-refractivity contribution in [3.05, 3.63) is 29.6 Å². The summed E-state index contributed by atoms with van der Waals surface area (Å²) in [6, 6.07) is 5.18. The maximum absolute atomic E-state index is 13.1. The van der Waals surface area contributed by atoms with Crippen LogP contribution in [0.5, 0.6) is 5.75 Å². The number of rotatable bonds is 7. The fourth-order valence-electron chi connectivity index (χ4n) is 2.16. The lowest BCUT2D eigenvalue weighted by Crippen LogP contribution is -2.25. The lowest BCUT2D eigenvalue weighted by Gasteiger charge is -2.12. The van der Waals surface area contributed by atoms with Crippen molar-refractivity contribution in [2.45, 2.75) is 38.8 Å². The first-order valence-electron chi connectivity index (χ1n) is 6.91. The molecule has 1 atom stereocenters. The van der Waals surface area contributed by atoms with Crippen molar-refractivity contribution >= 4 is 0 Å². The van der Waals surface area contributed by atoms with Gasteiger partial charge in [-0.15, -0.1) is 0 Å². The monoisotopic (exact) mass is 267 g/mol. The first-order valence-corrected chi connectivity index (χ1v) is 6.91. The molecule has 0 amide bonds. The molecule has 0 aliphatic carbocycles. The molecular weight excluding hydrogens is 245 g/mol. The minimum absolute atomic E-state index is 0.0230. The molecule has 0 saturated heterocycles. The maximum atomic E-state index is 13.1. The molecule has 1 unspecified atom stereocenters. The predicted octanol–water partition coefficient (Wildman–Crippen LogP) is 2.53. The van der Waals surface area contributed by atoms with E-state index in [9.17, 15) is 4.39 Å². The summed E-state index contributed by atoms with van der Waals surface area (Å²) in [5.74, 6) is 0.583. The van der Waals surface area contributed by atoms with Gasteiger partial charge in [-0.3, -0.25) is 0 Å². The van der Waals surface area contributed by atoms with Gasteiger partial charge in [0.2, 0.25) is 0 Å². The quantitative estimate of drug-likeness (QED) is 0.770. The van der Waals surface area contributed by atoms with Gasteiger partial charge in [-0.05, 0) is 31.2 Å². The van der Waals surface area contributed by atoms with Crippen LogP contribution in [0.15, 0.2) is 18.2 Å². The molecule has 0 radical (unpaired) electrons. The van der Waals surface area contributed by atoms with Gasteiger partial charge >= 0.3 is 0 Å². The van der Waals surface area contributed by atoms with Gasteiger partial charge in [0.05, 0.1) is 6.61 Å². The van der Waals surface area contributed by atoms with Crippen molar-refractivity contribution in [3.63, 3.8) is 0 Å². The van der Waals surface area contributed by atoms with E-state index in [1.165, 1.54) is 6.07 Å². The molecule has 1 N–H and O–H groups in total. The summed E-state index contributed by atoms with van der Waals surface area (Å²) < 4.78 is 24.4. The van der Waals surface area contributed by atoms with Crippen LogP contribution in [0.1, 0.15) is 25.8 Å². The highest BCUT2D eigenvalue weighted by atomic mass is 19.1. The van der Waals surface area contributed by atoms with Crippen LogP contribution in [-0.2, 0) is 11.2 Å². The highest BCUT2D eigenvalue weighted by molar-refractivity contribution is 5.37. The molecule has 4 heteroatoms. The lowest BCUT2D eigenvalue weighted by atomic mass is 10.1. The summed E-state index contributed by atoms with van der Waals surface area (Å²) in [6.45, 7) is 6.52. The Labute approximate surface area is 114 Å². The molecule has 1 aliphatic heterocycles. The second-order valence-electron chi connectivity index (χ2n) is 5.23. The summed E-state index contributed by atoms with van der Waals surface area (Å²) >= 11 is 0. The second-order valence-corrected chi connectivity index (χ2v) is 5.23. The Bertz CT molecular complexity index is 409. The molecule has 0 spiro atoms. The third-order valence-corrected chi connectivity index (χ3v) is 3.09. The molecule has 2 rings (SSSR count). The Kier molecular flexibility index (Phi) is 5.16. The van der Waals surface area contributed by atoms with E-state index in [0.717, 1.165) is 37.3 Å². The minimum Gasteiger partial charge on any atom is -0.487 e. The smallest absolute Gasteiger partial charge is 0.126 e. The number of benzene rings is 1. The first-order chi connectivity index (χ1) is 9.15. The van der Waals surface area contributed by atoms with Crippen molar-refractivity contribution < 1.29 is 13.9 Å². The lowest BCUT2D eigenvalue weighted by molar-refractivity contribution is 0.0592. The molecule has 3 nitrogen and oxygen atoms in total. The van der Waals surface area contributed by atoms with Crippen molar-refractivity contribution in [3.8, 4) is 5.75 Å². The molecule has 1 aromatic rings. The van der Waals surface area contributed by atoms with Gasteiger partial charge < -0.3 is 14.8 Å². The van der Waals surface area contributed by atoms with Crippen LogP contribution in [0.4, 0.5) is 4.39 Å². The van der Waals surface area contributed by atoms with Crippen molar-refractivity contribution in [1.82, 2.24) is 5.32 Å². The van der Waals surface area contributed by atoms with Crippen molar-refractivity contribution in [1.29, 1.82) is 0 Å². The summed E-state index contributed by atoms with van der Waals surface area (Å²) in [5.41, 5.74) is 0.940. The Morgan fingerprint density at radius 2 is 2.32 bits per heavy atom. The van der Waals surface area contributed by atoms with Gasteiger partial charge in [-0.25, -0.2) is 4.39 Å². The van der Waals surface area contributed by atoms with E-state index in [1.54, 1.807) is 12.1 Å². The topological polar surface area (TPSA) is 30.5 Å². The second kappa shape index (κ2) is 6.87. The normalized spacial score (nSPS) is 17.6. The number of hydrogen-bond acceptors (Lipinski definition) is 3. The number of nitrogens with one attached hydrogen (secondary N) is 1. The van der Waals surface area contributed by atoms with E-state index in [2.05, 4.69) is 19.2 Å². The summed E-state index contributed by atoms with van der Waals surface area (Å²) in [5, 5.41) is 3.34. The zero-order valence-corrected chi connectivity index (χ0v) is 11.6. The summed E-state index contributed by atoms with van der Waals surface area (Å²) in [7, 11) is 0. The Balaban J connectivity index is 1.62. The van der Waals surface area contributed by atoms with Crippen LogP contribution >= 0.6 is 0 Å². The molecule has 1 aromatic carbocycles.